The lowest BCUT2D eigenvalue weighted by atomic mass is 10.1. The molecule has 1 unspecified atom stereocenters. The van der Waals surface area contributed by atoms with Crippen molar-refractivity contribution in [2.24, 2.45) is 0 Å². The number of para-hydroxylation sites is 1. The lowest BCUT2D eigenvalue weighted by Crippen LogP contribution is -2.28. The van der Waals surface area contributed by atoms with Gasteiger partial charge in [-0.1, -0.05) is 18.2 Å². The van der Waals surface area contributed by atoms with Gasteiger partial charge in [-0.2, -0.15) is 0 Å². The van der Waals surface area contributed by atoms with Gasteiger partial charge in [0, 0.05) is 0 Å². The minimum absolute atomic E-state index is 0.109. The van der Waals surface area contributed by atoms with Crippen molar-refractivity contribution in [3.63, 3.8) is 0 Å². The van der Waals surface area contributed by atoms with Gasteiger partial charge in [-0.05, 0) is 25.0 Å². The zero-order chi connectivity index (χ0) is 9.47. The fraction of sp³-hybridized carbons (Fsp3) is 0.333. The van der Waals surface area contributed by atoms with Gasteiger partial charge in [0.05, 0.1) is 10.9 Å². The summed E-state index contributed by atoms with van der Waals surface area (Å²) in [6.07, 6.45) is 0.728. The number of anilines is 1. The maximum Gasteiger partial charge on any atom is 0.0699 e. The molecule has 2 rings (SSSR count). The lowest BCUT2D eigenvalue weighted by molar-refractivity contribution is 0.477. The summed E-state index contributed by atoms with van der Waals surface area (Å²) in [5.41, 5.74) is 2.00. The van der Waals surface area contributed by atoms with Gasteiger partial charge < -0.3 is 0 Å². The highest BCUT2D eigenvalue weighted by molar-refractivity contribution is 8.26. The summed E-state index contributed by atoms with van der Waals surface area (Å²) >= 11 is 0. The Balaban J connectivity index is 2.39. The lowest BCUT2D eigenvalue weighted by Gasteiger charge is -2.43. The summed E-state index contributed by atoms with van der Waals surface area (Å²) in [5, 5.41) is -0.109. The molecular formula is C9H13NO2S. The Labute approximate surface area is 79.3 Å². The molecule has 0 radical (unpaired) electrons. The number of rotatable bonds is 0. The first kappa shape index (κ1) is 8.87. The van der Waals surface area contributed by atoms with Crippen molar-refractivity contribution in [1.29, 1.82) is 0 Å². The maximum absolute atomic E-state index is 9.62. The van der Waals surface area contributed by atoms with Crippen molar-refractivity contribution >= 4 is 16.5 Å². The van der Waals surface area contributed by atoms with Gasteiger partial charge in [0.1, 0.15) is 0 Å². The zero-order valence-electron chi connectivity index (χ0n) is 7.40. The van der Waals surface area contributed by atoms with E-state index >= 15 is 0 Å². The third-order valence-electron chi connectivity index (χ3n) is 2.35. The van der Waals surface area contributed by atoms with Crippen LogP contribution >= 0.6 is 10.8 Å². The molecule has 0 bridgehead atoms. The predicted molar refractivity (Wildman–Crippen MR) is 56.1 cm³/mol. The Morgan fingerprint density at radius 1 is 1.38 bits per heavy atom. The van der Waals surface area contributed by atoms with E-state index in [-0.39, 0.29) is 5.25 Å². The van der Waals surface area contributed by atoms with Crippen LogP contribution in [-0.4, -0.2) is 14.4 Å². The van der Waals surface area contributed by atoms with E-state index < -0.39 is 10.8 Å². The van der Waals surface area contributed by atoms with Crippen molar-refractivity contribution in [3.8, 4) is 0 Å². The summed E-state index contributed by atoms with van der Waals surface area (Å²) in [5.74, 6) is 0. The van der Waals surface area contributed by atoms with Crippen LogP contribution in [0.2, 0.25) is 0 Å². The van der Waals surface area contributed by atoms with Crippen LogP contribution in [0.3, 0.4) is 0 Å². The molecule has 1 atom stereocenters. The maximum atomic E-state index is 9.62. The summed E-state index contributed by atoms with van der Waals surface area (Å²) in [6, 6.07) is 7.73. The molecule has 1 aromatic carbocycles. The van der Waals surface area contributed by atoms with Gasteiger partial charge in [0.15, 0.2) is 0 Å². The summed E-state index contributed by atoms with van der Waals surface area (Å²) in [4.78, 5) is 0. The first-order valence-electron chi connectivity index (χ1n) is 4.22. The van der Waals surface area contributed by atoms with Gasteiger partial charge in [0.2, 0.25) is 0 Å². The molecule has 0 spiro atoms. The number of benzene rings is 1. The fourth-order valence-electron chi connectivity index (χ4n) is 1.49. The van der Waals surface area contributed by atoms with E-state index in [0.717, 1.165) is 17.7 Å². The van der Waals surface area contributed by atoms with Crippen molar-refractivity contribution in [1.82, 2.24) is 0 Å². The minimum atomic E-state index is -2.62. The molecule has 4 heteroatoms. The van der Waals surface area contributed by atoms with Crippen LogP contribution in [0.5, 0.6) is 0 Å². The quantitative estimate of drug-likeness (QED) is 0.602. The molecule has 1 heterocycles. The first-order chi connectivity index (χ1) is 6.09. The second kappa shape index (κ2) is 2.90. The Hall–Kier alpha value is -0.710. The van der Waals surface area contributed by atoms with Crippen LogP contribution in [0.15, 0.2) is 24.3 Å². The Morgan fingerprint density at radius 2 is 2.08 bits per heavy atom. The average molecular weight is 199 g/mol. The van der Waals surface area contributed by atoms with E-state index in [1.165, 1.54) is 0 Å². The summed E-state index contributed by atoms with van der Waals surface area (Å²) in [7, 11) is -2.62. The molecule has 0 saturated carbocycles. The van der Waals surface area contributed by atoms with Gasteiger partial charge in [-0.25, -0.2) is 0 Å². The minimum Gasteiger partial charge on any atom is -0.284 e. The van der Waals surface area contributed by atoms with Crippen LogP contribution in [0.25, 0.3) is 0 Å². The van der Waals surface area contributed by atoms with Crippen LogP contribution in [0, 0.1) is 0 Å². The monoisotopic (exact) mass is 199 g/mol. The number of hydrogen-bond acceptors (Lipinski definition) is 3. The molecule has 1 aliphatic heterocycles. The predicted octanol–water partition coefficient (Wildman–Crippen LogP) is 2.71. The highest BCUT2D eigenvalue weighted by Gasteiger charge is 2.27. The van der Waals surface area contributed by atoms with Crippen molar-refractivity contribution in [3.05, 3.63) is 29.8 Å². The van der Waals surface area contributed by atoms with Gasteiger partial charge in [-0.15, -0.1) is 10.8 Å². The van der Waals surface area contributed by atoms with Crippen molar-refractivity contribution in [2.75, 3.05) is 4.72 Å². The molecule has 1 aliphatic rings. The van der Waals surface area contributed by atoms with E-state index in [2.05, 4.69) is 4.72 Å². The molecule has 0 amide bonds. The van der Waals surface area contributed by atoms with Gasteiger partial charge in [0.25, 0.3) is 0 Å². The van der Waals surface area contributed by atoms with Crippen LogP contribution in [0.4, 0.5) is 5.69 Å². The number of hydrogen-bond donors (Lipinski definition) is 3. The highest BCUT2D eigenvalue weighted by Crippen LogP contribution is 2.49. The largest absolute Gasteiger partial charge is 0.284 e. The molecule has 0 aromatic heterocycles. The second-order valence-corrected chi connectivity index (χ2v) is 5.56. The van der Waals surface area contributed by atoms with Gasteiger partial charge in [-0.3, -0.25) is 13.8 Å². The molecule has 13 heavy (non-hydrogen) atoms. The molecule has 1 aromatic rings. The number of nitrogens with one attached hydrogen (secondary N) is 1. The van der Waals surface area contributed by atoms with E-state index in [0.29, 0.717) is 0 Å². The average Bonchev–Trinajstić information content (AvgIpc) is 2.06. The first-order valence-corrected chi connectivity index (χ1v) is 5.83. The van der Waals surface area contributed by atoms with Crippen molar-refractivity contribution < 1.29 is 9.11 Å². The SMILES string of the molecule is CC1Cc2ccccc2NS1(O)O. The third-order valence-corrected chi connectivity index (χ3v) is 4.16. The van der Waals surface area contributed by atoms with Crippen molar-refractivity contribution in [2.45, 2.75) is 18.6 Å². The smallest absolute Gasteiger partial charge is 0.0699 e. The fourth-order valence-corrected chi connectivity index (χ4v) is 2.62. The molecule has 0 fully saturated rings. The van der Waals surface area contributed by atoms with Crippen LogP contribution in [-0.2, 0) is 6.42 Å². The zero-order valence-corrected chi connectivity index (χ0v) is 8.21. The van der Waals surface area contributed by atoms with Crippen LogP contribution in [0.1, 0.15) is 12.5 Å². The molecule has 3 N–H and O–H groups in total. The normalized spacial score (nSPS) is 27.2. The Bertz CT molecular complexity index is 327. The molecular weight excluding hydrogens is 186 g/mol. The van der Waals surface area contributed by atoms with Crippen LogP contribution < -0.4 is 4.72 Å². The van der Waals surface area contributed by atoms with E-state index in [1.54, 1.807) is 0 Å². The van der Waals surface area contributed by atoms with E-state index in [9.17, 15) is 9.11 Å². The summed E-state index contributed by atoms with van der Waals surface area (Å²) < 4.78 is 22.0. The molecule has 0 saturated heterocycles. The standard InChI is InChI=1S/C9H13NO2S/c1-7-6-8-4-2-3-5-9(8)10-13(7,11)12/h2-5,7,10-12H,6H2,1H3. The van der Waals surface area contributed by atoms with E-state index in [1.807, 2.05) is 31.2 Å². The summed E-state index contributed by atoms with van der Waals surface area (Å²) in [6.45, 7) is 1.85. The number of fused-ring (bicyclic) bond motifs is 1. The topological polar surface area (TPSA) is 52.5 Å². The van der Waals surface area contributed by atoms with E-state index in [4.69, 9.17) is 0 Å². The Morgan fingerprint density at radius 3 is 2.85 bits per heavy atom. The van der Waals surface area contributed by atoms with Gasteiger partial charge >= 0.3 is 0 Å². The highest BCUT2D eigenvalue weighted by atomic mass is 32.3. The third kappa shape index (κ3) is 1.52. The Kier molecular flexibility index (Phi) is 1.98. The molecule has 3 nitrogen and oxygen atoms in total. The molecule has 0 aliphatic carbocycles. The second-order valence-electron chi connectivity index (χ2n) is 3.37. The molecule has 72 valence electrons.